The average Bonchev–Trinajstić information content (AvgIpc) is 2.77. The third-order valence-corrected chi connectivity index (χ3v) is 3.85. The molecule has 1 fully saturated rings. The van der Waals surface area contributed by atoms with E-state index in [1.807, 2.05) is 37.3 Å². The van der Waals surface area contributed by atoms with E-state index >= 15 is 0 Å². The van der Waals surface area contributed by atoms with Crippen LogP contribution in [0.25, 0.3) is 0 Å². The molecule has 0 saturated carbocycles. The second-order valence-corrected chi connectivity index (χ2v) is 5.68. The zero-order chi connectivity index (χ0) is 17.7. The second kappa shape index (κ2) is 7.72. The minimum absolute atomic E-state index is 0.193. The molecule has 7 heteroatoms. The monoisotopic (exact) mass is 331 g/mol. The molecular weight excluding hydrogens is 310 g/mol. The van der Waals surface area contributed by atoms with Crippen molar-refractivity contribution in [3.05, 3.63) is 35.9 Å². The Morgan fingerprint density at radius 2 is 1.71 bits per heavy atom. The fourth-order valence-corrected chi connectivity index (χ4v) is 2.46. The molecule has 24 heavy (non-hydrogen) atoms. The van der Waals surface area contributed by atoms with E-state index in [1.165, 1.54) is 0 Å². The lowest BCUT2D eigenvalue weighted by Crippen LogP contribution is -2.42. The lowest BCUT2D eigenvalue weighted by molar-refractivity contribution is -0.144. The summed E-state index contributed by atoms with van der Waals surface area (Å²) in [6, 6.07) is 8.33. The Labute approximate surface area is 140 Å². The van der Waals surface area contributed by atoms with Crippen LogP contribution < -0.4 is 5.32 Å². The van der Waals surface area contributed by atoms with E-state index < -0.39 is 30.3 Å². The molecule has 2 rings (SSSR count). The van der Waals surface area contributed by atoms with Crippen LogP contribution in [0.4, 0.5) is 4.79 Å². The maximum atomic E-state index is 12.2. The minimum Gasteiger partial charge on any atom is -0.348 e. The van der Waals surface area contributed by atoms with Crippen LogP contribution in [0.2, 0.25) is 0 Å². The van der Waals surface area contributed by atoms with Crippen molar-refractivity contribution in [1.29, 1.82) is 0 Å². The van der Waals surface area contributed by atoms with Gasteiger partial charge in [-0.2, -0.15) is 0 Å². The first kappa shape index (κ1) is 17.7. The van der Waals surface area contributed by atoms with Gasteiger partial charge in [-0.05, 0) is 18.9 Å². The van der Waals surface area contributed by atoms with Gasteiger partial charge in [0, 0.05) is 6.54 Å². The molecule has 0 aromatic heterocycles. The van der Waals surface area contributed by atoms with Crippen molar-refractivity contribution in [3.8, 4) is 0 Å². The quantitative estimate of drug-likeness (QED) is 0.605. The molecular formula is C17H21N3O4. The summed E-state index contributed by atoms with van der Waals surface area (Å²) < 4.78 is 0. The first-order chi connectivity index (χ1) is 11.5. The number of hydrogen-bond donors (Lipinski definition) is 1. The number of rotatable bonds is 7. The third-order valence-electron chi connectivity index (χ3n) is 3.85. The van der Waals surface area contributed by atoms with Crippen LogP contribution in [0.1, 0.15) is 38.3 Å². The van der Waals surface area contributed by atoms with Gasteiger partial charge in [0.2, 0.25) is 5.91 Å². The molecule has 1 N–H and O–H groups in total. The molecule has 7 nitrogen and oxygen atoms in total. The Bertz CT molecular complexity index is 644. The normalized spacial score (nSPS) is 15.8. The van der Waals surface area contributed by atoms with Gasteiger partial charge in [0.05, 0.1) is 6.04 Å². The molecule has 0 spiro atoms. The number of nitrogens with zero attached hydrogens (tertiary/aromatic N) is 2. The highest BCUT2D eigenvalue weighted by molar-refractivity contribution is 6.45. The Morgan fingerprint density at radius 1 is 1.08 bits per heavy atom. The van der Waals surface area contributed by atoms with Crippen LogP contribution in [0.3, 0.4) is 0 Å². The van der Waals surface area contributed by atoms with E-state index in [0.29, 0.717) is 11.3 Å². The van der Waals surface area contributed by atoms with Gasteiger partial charge in [-0.15, -0.1) is 0 Å². The van der Waals surface area contributed by atoms with Gasteiger partial charge in [-0.25, -0.2) is 9.69 Å². The summed E-state index contributed by atoms with van der Waals surface area (Å²) in [6.07, 6.45) is 1.41. The van der Waals surface area contributed by atoms with Crippen molar-refractivity contribution in [2.24, 2.45) is 0 Å². The minimum atomic E-state index is -0.946. The molecule has 1 saturated heterocycles. The number of unbranched alkanes of at least 4 members (excludes halogenated alkanes) is 1. The molecule has 1 heterocycles. The van der Waals surface area contributed by atoms with Crippen molar-refractivity contribution in [2.45, 2.75) is 32.7 Å². The van der Waals surface area contributed by atoms with Crippen LogP contribution in [0.15, 0.2) is 30.3 Å². The summed E-state index contributed by atoms with van der Waals surface area (Å²) in [4.78, 5) is 49.6. The summed E-state index contributed by atoms with van der Waals surface area (Å²) in [7, 11) is 0. The van der Waals surface area contributed by atoms with Gasteiger partial charge >= 0.3 is 17.8 Å². The van der Waals surface area contributed by atoms with Gasteiger partial charge in [-0.1, -0.05) is 43.7 Å². The topological polar surface area (TPSA) is 86.8 Å². The summed E-state index contributed by atoms with van der Waals surface area (Å²) in [5, 5.41) is 2.72. The number of carbonyl (C=O) groups is 4. The molecule has 128 valence electrons. The fourth-order valence-electron chi connectivity index (χ4n) is 2.46. The summed E-state index contributed by atoms with van der Waals surface area (Å²) in [5.74, 6) is -2.30. The van der Waals surface area contributed by atoms with Crippen molar-refractivity contribution in [1.82, 2.24) is 15.1 Å². The number of amides is 5. The first-order valence-electron chi connectivity index (χ1n) is 7.97. The zero-order valence-electron chi connectivity index (χ0n) is 13.8. The maximum Gasteiger partial charge on any atom is 0.334 e. The van der Waals surface area contributed by atoms with E-state index in [9.17, 15) is 19.2 Å². The molecule has 1 atom stereocenters. The number of hydrogen-bond acceptors (Lipinski definition) is 4. The van der Waals surface area contributed by atoms with E-state index in [1.54, 1.807) is 6.92 Å². The number of imide groups is 2. The van der Waals surface area contributed by atoms with Crippen LogP contribution >= 0.6 is 0 Å². The van der Waals surface area contributed by atoms with Gasteiger partial charge < -0.3 is 5.32 Å². The van der Waals surface area contributed by atoms with E-state index in [2.05, 4.69) is 5.32 Å². The summed E-state index contributed by atoms with van der Waals surface area (Å²) in [5.41, 5.74) is 0.908. The number of urea groups is 1. The highest BCUT2D eigenvalue weighted by Crippen LogP contribution is 2.14. The van der Waals surface area contributed by atoms with E-state index in [-0.39, 0.29) is 12.6 Å². The molecule has 1 unspecified atom stereocenters. The molecule has 0 radical (unpaired) electrons. The smallest absolute Gasteiger partial charge is 0.334 e. The Morgan fingerprint density at radius 3 is 2.33 bits per heavy atom. The average molecular weight is 331 g/mol. The summed E-state index contributed by atoms with van der Waals surface area (Å²) in [6.45, 7) is 3.46. The predicted molar refractivity (Wildman–Crippen MR) is 86.7 cm³/mol. The molecule has 1 aliphatic heterocycles. The van der Waals surface area contributed by atoms with Crippen molar-refractivity contribution in [3.63, 3.8) is 0 Å². The second-order valence-electron chi connectivity index (χ2n) is 5.68. The Hall–Kier alpha value is -2.70. The lowest BCUT2D eigenvalue weighted by atomic mass is 10.1. The van der Waals surface area contributed by atoms with Crippen LogP contribution in [-0.2, 0) is 14.4 Å². The van der Waals surface area contributed by atoms with Crippen molar-refractivity contribution < 1.29 is 19.2 Å². The number of benzene rings is 1. The van der Waals surface area contributed by atoms with Crippen molar-refractivity contribution >= 4 is 23.8 Å². The highest BCUT2D eigenvalue weighted by Gasteiger charge is 2.44. The summed E-state index contributed by atoms with van der Waals surface area (Å²) >= 11 is 0. The van der Waals surface area contributed by atoms with Crippen LogP contribution in [0.5, 0.6) is 0 Å². The standard InChI is InChI=1S/C17H21N3O4/c1-3-4-10-19-15(22)16(23)20(17(19)24)11-14(21)18-12(2)13-8-6-5-7-9-13/h5-9,12H,3-4,10-11H2,1-2H3,(H,18,21). The van der Waals surface area contributed by atoms with Gasteiger partial charge in [-0.3, -0.25) is 19.3 Å². The zero-order valence-corrected chi connectivity index (χ0v) is 13.8. The molecule has 5 amide bonds. The number of carbonyl (C=O) groups excluding carboxylic acids is 4. The molecule has 1 aromatic rings. The largest absolute Gasteiger partial charge is 0.348 e. The number of nitrogens with one attached hydrogen (secondary N) is 1. The first-order valence-corrected chi connectivity index (χ1v) is 7.97. The fraction of sp³-hybridized carbons (Fsp3) is 0.412. The van der Waals surface area contributed by atoms with Crippen LogP contribution in [0, 0.1) is 0 Å². The lowest BCUT2D eigenvalue weighted by Gasteiger charge is -2.18. The SMILES string of the molecule is CCCCN1C(=O)C(=O)N(CC(=O)NC(C)c2ccccc2)C1=O. The maximum absolute atomic E-state index is 12.2. The highest BCUT2D eigenvalue weighted by atomic mass is 16.2. The Balaban J connectivity index is 1.97. The van der Waals surface area contributed by atoms with Crippen molar-refractivity contribution in [2.75, 3.05) is 13.1 Å². The van der Waals surface area contributed by atoms with Gasteiger partial charge in [0.25, 0.3) is 0 Å². The molecule has 1 aromatic carbocycles. The third kappa shape index (κ3) is 3.79. The molecule has 0 bridgehead atoms. The molecule has 0 aliphatic carbocycles. The van der Waals surface area contributed by atoms with Gasteiger partial charge in [0.15, 0.2) is 0 Å². The Kier molecular flexibility index (Phi) is 5.68. The van der Waals surface area contributed by atoms with E-state index in [0.717, 1.165) is 16.9 Å². The van der Waals surface area contributed by atoms with Gasteiger partial charge in [0.1, 0.15) is 6.54 Å². The molecule has 1 aliphatic rings. The predicted octanol–water partition coefficient (Wildman–Crippen LogP) is 1.45. The van der Waals surface area contributed by atoms with E-state index in [4.69, 9.17) is 0 Å². The van der Waals surface area contributed by atoms with Crippen LogP contribution in [-0.4, -0.2) is 46.6 Å².